The molecule has 1 amide bonds. The lowest BCUT2D eigenvalue weighted by atomic mass is 10.2. The zero-order valence-electron chi connectivity index (χ0n) is 16.8. The van der Waals surface area contributed by atoms with Gasteiger partial charge in [-0.1, -0.05) is 6.07 Å². The Kier molecular flexibility index (Phi) is 7.57. The van der Waals surface area contributed by atoms with Crippen molar-refractivity contribution in [3.8, 4) is 17.2 Å². The second-order valence-electron chi connectivity index (χ2n) is 6.41. The summed E-state index contributed by atoms with van der Waals surface area (Å²) in [5.41, 5.74) is 2.76. The smallest absolute Gasteiger partial charge is 0.262 e. The van der Waals surface area contributed by atoms with Crippen LogP contribution in [0.1, 0.15) is 5.56 Å². The second-order valence-corrected chi connectivity index (χ2v) is 7.27. The van der Waals surface area contributed by atoms with Crippen molar-refractivity contribution in [3.05, 3.63) is 76.8 Å². The van der Waals surface area contributed by atoms with E-state index in [0.717, 1.165) is 27.2 Å². The highest BCUT2D eigenvalue weighted by Gasteiger charge is 2.08. The number of methoxy groups -OCH3 is 2. The molecular weight excluding hydrogens is 448 g/mol. The van der Waals surface area contributed by atoms with E-state index < -0.39 is 0 Å². The van der Waals surface area contributed by atoms with E-state index in [-0.39, 0.29) is 12.5 Å². The number of hydrogen-bond donors (Lipinski definition) is 2. The number of benzene rings is 3. The number of ether oxygens (including phenoxy) is 3. The summed E-state index contributed by atoms with van der Waals surface area (Å²) in [5, 5.41) is 6.14. The summed E-state index contributed by atoms with van der Waals surface area (Å²) >= 11 is 3.51. The highest BCUT2D eigenvalue weighted by Crippen LogP contribution is 2.27. The van der Waals surface area contributed by atoms with Gasteiger partial charge in [0.15, 0.2) is 6.61 Å². The Morgan fingerprint density at radius 1 is 0.867 bits per heavy atom. The van der Waals surface area contributed by atoms with Crippen molar-refractivity contribution in [1.29, 1.82) is 0 Å². The Balaban J connectivity index is 1.49. The Morgan fingerprint density at radius 2 is 1.47 bits per heavy atom. The highest BCUT2D eigenvalue weighted by molar-refractivity contribution is 9.10. The van der Waals surface area contributed by atoms with Gasteiger partial charge >= 0.3 is 0 Å². The minimum absolute atomic E-state index is 0.0892. The first-order valence-corrected chi connectivity index (χ1v) is 10.1. The molecule has 0 aliphatic rings. The Hall–Kier alpha value is -3.19. The molecule has 0 aromatic heterocycles. The third kappa shape index (κ3) is 6.15. The van der Waals surface area contributed by atoms with Crippen LogP contribution in [0.25, 0.3) is 0 Å². The SMILES string of the molecule is COc1ccc(NCc2ccc(OCC(=O)Nc3ccc(OC)cc3)c(Br)c2)cc1. The lowest BCUT2D eigenvalue weighted by Gasteiger charge is -2.12. The van der Waals surface area contributed by atoms with Gasteiger partial charge in [-0.25, -0.2) is 0 Å². The van der Waals surface area contributed by atoms with Crippen molar-refractivity contribution >= 4 is 33.2 Å². The molecule has 3 rings (SSSR count). The number of amides is 1. The molecule has 2 N–H and O–H groups in total. The summed E-state index contributed by atoms with van der Waals surface area (Å²) in [7, 11) is 3.24. The molecule has 3 aromatic carbocycles. The monoisotopic (exact) mass is 470 g/mol. The normalized spacial score (nSPS) is 10.2. The molecule has 6 nitrogen and oxygen atoms in total. The van der Waals surface area contributed by atoms with Crippen molar-refractivity contribution < 1.29 is 19.0 Å². The molecule has 0 heterocycles. The second kappa shape index (κ2) is 10.5. The van der Waals surface area contributed by atoms with Crippen molar-refractivity contribution in [3.63, 3.8) is 0 Å². The van der Waals surface area contributed by atoms with Gasteiger partial charge in [0, 0.05) is 17.9 Å². The lowest BCUT2D eigenvalue weighted by molar-refractivity contribution is -0.118. The van der Waals surface area contributed by atoms with Crippen LogP contribution in [0.4, 0.5) is 11.4 Å². The minimum Gasteiger partial charge on any atom is -0.497 e. The number of anilines is 2. The van der Waals surface area contributed by atoms with Crippen LogP contribution in [0, 0.1) is 0 Å². The molecule has 0 unspecified atom stereocenters. The minimum atomic E-state index is -0.239. The quantitative estimate of drug-likeness (QED) is 0.455. The average molecular weight is 471 g/mol. The maximum absolute atomic E-state index is 12.1. The van der Waals surface area contributed by atoms with Crippen LogP contribution in [-0.2, 0) is 11.3 Å². The number of carbonyl (C=O) groups excluding carboxylic acids is 1. The molecule has 0 atom stereocenters. The number of carbonyl (C=O) groups is 1. The predicted octanol–water partition coefficient (Wildman–Crippen LogP) is 5.10. The molecule has 156 valence electrons. The van der Waals surface area contributed by atoms with E-state index >= 15 is 0 Å². The van der Waals surface area contributed by atoms with Crippen LogP contribution in [0.15, 0.2) is 71.2 Å². The molecule has 30 heavy (non-hydrogen) atoms. The molecule has 0 fully saturated rings. The molecule has 0 bridgehead atoms. The van der Waals surface area contributed by atoms with Gasteiger partial charge in [0.05, 0.1) is 18.7 Å². The predicted molar refractivity (Wildman–Crippen MR) is 122 cm³/mol. The van der Waals surface area contributed by atoms with Gasteiger partial charge in [-0.15, -0.1) is 0 Å². The Bertz CT molecular complexity index is 975. The Morgan fingerprint density at radius 3 is 2.03 bits per heavy atom. The summed E-state index contributed by atoms with van der Waals surface area (Å²) in [4.78, 5) is 12.1. The summed E-state index contributed by atoms with van der Waals surface area (Å²) in [6.45, 7) is 0.567. The maximum atomic E-state index is 12.1. The van der Waals surface area contributed by atoms with E-state index in [4.69, 9.17) is 14.2 Å². The topological polar surface area (TPSA) is 68.8 Å². The molecule has 0 spiro atoms. The van der Waals surface area contributed by atoms with Gasteiger partial charge in [0.2, 0.25) is 0 Å². The number of halogens is 1. The summed E-state index contributed by atoms with van der Waals surface area (Å²) in [5.74, 6) is 1.92. The van der Waals surface area contributed by atoms with E-state index in [0.29, 0.717) is 18.0 Å². The van der Waals surface area contributed by atoms with E-state index in [1.807, 2.05) is 42.5 Å². The van der Waals surface area contributed by atoms with Gasteiger partial charge in [-0.05, 0) is 82.2 Å². The number of nitrogens with one attached hydrogen (secondary N) is 2. The van der Waals surface area contributed by atoms with Gasteiger partial charge in [-0.3, -0.25) is 4.79 Å². The summed E-state index contributed by atoms with van der Waals surface area (Å²) < 4.78 is 16.7. The third-order valence-corrected chi connectivity index (χ3v) is 4.94. The number of rotatable bonds is 9. The van der Waals surface area contributed by atoms with E-state index in [9.17, 15) is 4.79 Å². The fraction of sp³-hybridized carbons (Fsp3) is 0.174. The largest absolute Gasteiger partial charge is 0.497 e. The molecular formula is C23H23BrN2O4. The third-order valence-electron chi connectivity index (χ3n) is 4.32. The van der Waals surface area contributed by atoms with Crippen molar-refractivity contribution in [2.75, 3.05) is 31.5 Å². The average Bonchev–Trinajstić information content (AvgIpc) is 2.78. The first-order valence-electron chi connectivity index (χ1n) is 9.30. The van der Waals surface area contributed by atoms with Crippen LogP contribution in [0.5, 0.6) is 17.2 Å². The molecule has 3 aromatic rings. The number of hydrogen-bond acceptors (Lipinski definition) is 5. The van der Waals surface area contributed by atoms with Crippen LogP contribution in [0.3, 0.4) is 0 Å². The zero-order chi connectivity index (χ0) is 21.3. The first kappa shape index (κ1) is 21.5. The maximum Gasteiger partial charge on any atom is 0.262 e. The summed E-state index contributed by atoms with van der Waals surface area (Å²) in [6, 6.07) is 20.6. The highest BCUT2D eigenvalue weighted by atomic mass is 79.9. The van der Waals surface area contributed by atoms with E-state index in [1.165, 1.54) is 0 Å². The van der Waals surface area contributed by atoms with Gasteiger partial charge in [0.25, 0.3) is 5.91 Å². The fourth-order valence-corrected chi connectivity index (χ4v) is 3.24. The van der Waals surface area contributed by atoms with Gasteiger partial charge < -0.3 is 24.8 Å². The van der Waals surface area contributed by atoms with Crippen LogP contribution in [0.2, 0.25) is 0 Å². The lowest BCUT2D eigenvalue weighted by Crippen LogP contribution is -2.20. The zero-order valence-corrected chi connectivity index (χ0v) is 18.4. The standard InChI is InChI=1S/C23H23BrN2O4/c1-28-19-8-4-17(5-9-19)25-14-16-3-12-22(21(24)13-16)30-15-23(27)26-18-6-10-20(29-2)11-7-18/h3-13,25H,14-15H2,1-2H3,(H,26,27). The molecule has 0 radical (unpaired) electrons. The van der Waals surface area contributed by atoms with Gasteiger partial charge in [-0.2, -0.15) is 0 Å². The molecule has 0 saturated heterocycles. The van der Waals surface area contributed by atoms with Crippen LogP contribution < -0.4 is 24.8 Å². The van der Waals surface area contributed by atoms with E-state index in [2.05, 4.69) is 26.6 Å². The van der Waals surface area contributed by atoms with Crippen molar-refractivity contribution in [2.24, 2.45) is 0 Å². The van der Waals surface area contributed by atoms with E-state index in [1.54, 1.807) is 38.5 Å². The molecule has 0 aliphatic heterocycles. The van der Waals surface area contributed by atoms with Crippen LogP contribution >= 0.6 is 15.9 Å². The van der Waals surface area contributed by atoms with Crippen molar-refractivity contribution in [2.45, 2.75) is 6.54 Å². The van der Waals surface area contributed by atoms with Gasteiger partial charge in [0.1, 0.15) is 17.2 Å². The molecule has 0 aliphatic carbocycles. The van der Waals surface area contributed by atoms with Crippen molar-refractivity contribution in [1.82, 2.24) is 0 Å². The Labute approximate surface area is 184 Å². The summed E-state index contributed by atoms with van der Waals surface area (Å²) in [6.07, 6.45) is 0. The molecule has 7 heteroatoms. The fourth-order valence-electron chi connectivity index (χ4n) is 2.70. The first-order chi connectivity index (χ1) is 14.6. The molecule has 0 saturated carbocycles. The van der Waals surface area contributed by atoms with Crippen LogP contribution in [-0.4, -0.2) is 26.7 Å².